The van der Waals surface area contributed by atoms with E-state index >= 15 is 0 Å². The van der Waals surface area contributed by atoms with Crippen molar-refractivity contribution < 1.29 is 4.79 Å². The Morgan fingerprint density at radius 3 is 2.22 bits per heavy atom. The number of Topliss-reactive ketones (excluding diaryl/α,β-unsaturated/α-hetero) is 1. The van der Waals surface area contributed by atoms with Gasteiger partial charge < -0.3 is 16.0 Å². The second-order valence-corrected chi connectivity index (χ2v) is 8.03. The first kappa shape index (κ1) is 23.6. The molecular formula is C26H25Cl2N3O. The number of rotatable bonds is 10. The predicted molar refractivity (Wildman–Crippen MR) is 134 cm³/mol. The van der Waals surface area contributed by atoms with E-state index in [1.165, 1.54) is 6.21 Å². The Morgan fingerprint density at radius 1 is 0.969 bits per heavy atom. The van der Waals surface area contributed by atoms with E-state index in [2.05, 4.69) is 10.6 Å². The van der Waals surface area contributed by atoms with Crippen LogP contribution < -0.4 is 10.6 Å². The van der Waals surface area contributed by atoms with E-state index in [1.54, 1.807) is 18.3 Å². The van der Waals surface area contributed by atoms with Crippen LogP contribution in [0, 0.1) is 5.41 Å². The molecule has 2 unspecified atom stereocenters. The minimum absolute atomic E-state index is 0.0430. The minimum atomic E-state index is -0.584. The molecule has 32 heavy (non-hydrogen) atoms. The Kier molecular flexibility index (Phi) is 8.48. The van der Waals surface area contributed by atoms with Gasteiger partial charge in [-0.1, -0.05) is 83.9 Å². The van der Waals surface area contributed by atoms with Gasteiger partial charge in [-0.15, -0.1) is 0 Å². The first-order valence-corrected chi connectivity index (χ1v) is 11.1. The fourth-order valence-corrected chi connectivity index (χ4v) is 3.80. The number of hydrogen-bond donors (Lipinski definition) is 3. The Morgan fingerprint density at radius 2 is 1.62 bits per heavy atom. The van der Waals surface area contributed by atoms with Gasteiger partial charge in [0.15, 0.2) is 5.78 Å². The van der Waals surface area contributed by atoms with Crippen LogP contribution in [0.25, 0.3) is 0 Å². The Bertz CT molecular complexity index is 1080. The zero-order valence-electron chi connectivity index (χ0n) is 17.7. The summed E-state index contributed by atoms with van der Waals surface area (Å²) in [4.78, 5) is 13.8. The topological polar surface area (TPSA) is 65.0 Å². The molecule has 0 aliphatic rings. The zero-order chi connectivity index (χ0) is 22.9. The summed E-state index contributed by atoms with van der Waals surface area (Å²) in [5.41, 5.74) is 2.80. The lowest BCUT2D eigenvalue weighted by Gasteiger charge is -2.29. The number of anilines is 1. The molecule has 0 saturated heterocycles. The zero-order valence-corrected chi connectivity index (χ0v) is 19.2. The van der Waals surface area contributed by atoms with Crippen molar-refractivity contribution in [1.82, 2.24) is 5.32 Å². The quantitative estimate of drug-likeness (QED) is 0.234. The molecule has 0 aliphatic carbocycles. The summed E-state index contributed by atoms with van der Waals surface area (Å²) in [5, 5.41) is 15.5. The molecule has 2 atom stereocenters. The van der Waals surface area contributed by atoms with Crippen LogP contribution in [0.1, 0.15) is 28.8 Å². The van der Waals surface area contributed by atoms with E-state index < -0.39 is 12.0 Å². The monoisotopic (exact) mass is 465 g/mol. The van der Waals surface area contributed by atoms with Crippen LogP contribution in [0.4, 0.5) is 5.69 Å². The van der Waals surface area contributed by atoms with Gasteiger partial charge in [-0.3, -0.25) is 4.79 Å². The highest BCUT2D eigenvalue weighted by atomic mass is 35.5. The van der Waals surface area contributed by atoms with Gasteiger partial charge in [0.25, 0.3) is 0 Å². The lowest BCUT2D eigenvalue weighted by atomic mass is 9.81. The number of carbonyl (C=O) groups is 1. The van der Waals surface area contributed by atoms with Crippen LogP contribution in [0.5, 0.6) is 0 Å². The third kappa shape index (κ3) is 5.78. The van der Waals surface area contributed by atoms with Gasteiger partial charge in [-0.25, -0.2) is 0 Å². The predicted octanol–water partition coefficient (Wildman–Crippen LogP) is 6.58. The number of hydrogen-bond acceptors (Lipinski definition) is 4. The molecule has 0 fully saturated rings. The van der Waals surface area contributed by atoms with Gasteiger partial charge in [0, 0.05) is 35.8 Å². The fraction of sp³-hybridized carbons (Fsp3) is 0.154. The van der Waals surface area contributed by atoms with E-state index in [1.807, 2.05) is 73.7 Å². The van der Waals surface area contributed by atoms with Gasteiger partial charge in [0.05, 0.1) is 22.0 Å². The molecular weight excluding hydrogens is 441 g/mol. The number of nitrogens with one attached hydrogen (secondary N) is 3. The highest BCUT2D eigenvalue weighted by Gasteiger charge is 2.33. The summed E-state index contributed by atoms with van der Waals surface area (Å²) in [6, 6.07) is 23.5. The Balaban J connectivity index is 2.14. The van der Waals surface area contributed by atoms with Crippen molar-refractivity contribution in [2.45, 2.75) is 18.9 Å². The van der Waals surface area contributed by atoms with E-state index in [-0.39, 0.29) is 5.78 Å². The average molecular weight is 466 g/mol. The summed E-state index contributed by atoms with van der Waals surface area (Å²) in [6.07, 6.45) is 3.04. The summed E-state index contributed by atoms with van der Waals surface area (Å²) in [6.45, 7) is 2.67. The maximum atomic E-state index is 13.8. The number of carbonyl (C=O) groups excluding carboxylic acids is 1. The van der Waals surface area contributed by atoms with Crippen molar-refractivity contribution >= 4 is 40.9 Å². The van der Waals surface area contributed by atoms with Crippen molar-refractivity contribution in [3.05, 3.63) is 112 Å². The van der Waals surface area contributed by atoms with Gasteiger partial charge in [-0.2, -0.15) is 0 Å². The third-order valence-electron chi connectivity index (χ3n) is 5.07. The lowest BCUT2D eigenvalue weighted by Crippen LogP contribution is -2.36. The molecule has 0 amide bonds. The van der Waals surface area contributed by atoms with E-state index in [0.29, 0.717) is 33.4 Å². The average Bonchev–Trinajstić information content (AvgIpc) is 2.83. The highest BCUT2D eigenvalue weighted by Crippen LogP contribution is 2.32. The maximum absolute atomic E-state index is 13.8. The molecule has 164 valence electrons. The maximum Gasteiger partial charge on any atom is 0.172 e. The van der Waals surface area contributed by atoms with Gasteiger partial charge in [0.2, 0.25) is 0 Å². The first-order valence-electron chi connectivity index (χ1n) is 10.3. The number of halogens is 2. The first-order chi connectivity index (χ1) is 15.5. The Labute approximate surface area is 198 Å². The molecule has 0 radical (unpaired) electrons. The van der Waals surface area contributed by atoms with Gasteiger partial charge >= 0.3 is 0 Å². The number of benzene rings is 3. The van der Waals surface area contributed by atoms with Crippen LogP contribution in [0.3, 0.4) is 0 Å². The van der Waals surface area contributed by atoms with Crippen LogP contribution in [0.2, 0.25) is 10.0 Å². The molecule has 0 aromatic heterocycles. The molecule has 0 aliphatic heterocycles. The van der Waals surface area contributed by atoms with Crippen molar-refractivity contribution in [2.24, 2.45) is 0 Å². The highest BCUT2D eigenvalue weighted by molar-refractivity contribution is 6.42. The normalized spacial score (nSPS) is 13.2. The van der Waals surface area contributed by atoms with E-state index in [4.69, 9.17) is 28.6 Å². The van der Waals surface area contributed by atoms with Crippen LogP contribution in [-0.2, 0) is 0 Å². The molecule has 3 N–H and O–H groups in total. The van der Waals surface area contributed by atoms with Crippen molar-refractivity contribution in [3.8, 4) is 0 Å². The van der Waals surface area contributed by atoms with E-state index in [0.717, 1.165) is 5.56 Å². The molecule has 0 saturated carbocycles. The third-order valence-corrected chi connectivity index (χ3v) is 5.81. The van der Waals surface area contributed by atoms with Crippen LogP contribution in [-0.4, -0.2) is 24.6 Å². The van der Waals surface area contributed by atoms with Gasteiger partial charge in [0.1, 0.15) is 0 Å². The summed E-state index contributed by atoms with van der Waals surface area (Å²) >= 11 is 12.3. The Hall–Kier alpha value is -3.08. The molecule has 6 heteroatoms. The van der Waals surface area contributed by atoms with Crippen LogP contribution in [0.15, 0.2) is 90.6 Å². The van der Waals surface area contributed by atoms with Crippen LogP contribution >= 0.6 is 23.2 Å². The number of ketones is 1. The van der Waals surface area contributed by atoms with Gasteiger partial charge in [-0.05, 0) is 30.7 Å². The summed E-state index contributed by atoms with van der Waals surface area (Å²) in [5.74, 6) is -0.627. The SMILES string of the molecule is CCN/C=C(\C=N)C(Nc1ccc(Cl)c(Cl)c1)C(C(=O)c1ccccc1)c1ccccc1. The van der Waals surface area contributed by atoms with E-state index in [9.17, 15) is 4.79 Å². The molecule has 3 rings (SSSR count). The standard InChI is InChI=1S/C26H25Cl2N3O/c1-2-30-17-20(16-29)25(31-21-13-14-22(27)23(28)15-21)24(18-9-5-3-6-10-18)26(32)19-11-7-4-8-12-19/h3-17,24-25,29-31H,2H2,1H3/b20-17+,29-16?. The summed E-state index contributed by atoms with van der Waals surface area (Å²) in [7, 11) is 0. The fourth-order valence-electron chi connectivity index (χ4n) is 3.50. The second-order valence-electron chi connectivity index (χ2n) is 7.22. The summed E-state index contributed by atoms with van der Waals surface area (Å²) < 4.78 is 0. The largest absolute Gasteiger partial charge is 0.391 e. The molecule has 0 heterocycles. The molecule has 0 spiro atoms. The lowest BCUT2D eigenvalue weighted by molar-refractivity contribution is 0.0955. The smallest absolute Gasteiger partial charge is 0.172 e. The molecule has 0 bridgehead atoms. The second kappa shape index (κ2) is 11.5. The van der Waals surface area contributed by atoms with Crippen molar-refractivity contribution in [2.75, 3.05) is 11.9 Å². The molecule has 3 aromatic carbocycles. The molecule has 3 aromatic rings. The molecule has 4 nitrogen and oxygen atoms in total. The van der Waals surface area contributed by atoms with Crippen molar-refractivity contribution in [1.29, 1.82) is 5.41 Å². The minimum Gasteiger partial charge on any atom is -0.391 e. The van der Waals surface area contributed by atoms with Crippen molar-refractivity contribution in [3.63, 3.8) is 0 Å².